The van der Waals surface area contributed by atoms with Crippen molar-refractivity contribution in [2.24, 2.45) is 4.99 Å². The largest absolute Gasteiger partial charge is 0.379 e. The van der Waals surface area contributed by atoms with Gasteiger partial charge in [0.2, 0.25) is 10.0 Å². The van der Waals surface area contributed by atoms with Crippen LogP contribution in [-0.4, -0.2) is 105 Å². The number of aliphatic imine (C=N–C) groups is 1. The van der Waals surface area contributed by atoms with Crippen molar-refractivity contribution >= 4 is 40.0 Å². The number of rotatable bonds is 7. The minimum absolute atomic E-state index is 0. The number of nitrogens with one attached hydrogen (secondary N) is 1. The summed E-state index contributed by atoms with van der Waals surface area (Å²) < 4.78 is 37.1. The van der Waals surface area contributed by atoms with E-state index in [1.165, 1.54) is 10.6 Å². The maximum absolute atomic E-state index is 12.6. The fraction of sp³-hybridized carbons (Fsp3) is 0.789. The van der Waals surface area contributed by atoms with Gasteiger partial charge in [0.05, 0.1) is 25.5 Å². The predicted octanol–water partition coefficient (Wildman–Crippen LogP) is 0.815. The normalized spacial score (nSPS) is 22.7. The van der Waals surface area contributed by atoms with Crippen LogP contribution >= 0.6 is 24.0 Å². The second-order valence-corrected chi connectivity index (χ2v) is 9.81. The van der Waals surface area contributed by atoms with Crippen LogP contribution < -0.4 is 5.32 Å². The van der Waals surface area contributed by atoms with Crippen LogP contribution in [0.25, 0.3) is 0 Å². The van der Waals surface area contributed by atoms with Gasteiger partial charge in [-0.1, -0.05) is 5.16 Å². The molecule has 178 valence electrons. The first-order chi connectivity index (χ1) is 14.4. The summed E-state index contributed by atoms with van der Waals surface area (Å²) in [6, 6.07) is 2.30. The van der Waals surface area contributed by atoms with Gasteiger partial charge in [-0.25, -0.2) is 8.42 Å². The van der Waals surface area contributed by atoms with Gasteiger partial charge in [0, 0.05) is 57.4 Å². The molecule has 1 aromatic heterocycles. The van der Waals surface area contributed by atoms with E-state index >= 15 is 0 Å². The van der Waals surface area contributed by atoms with Crippen LogP contribution in [0.1, 0.15) is 26.5 Å². The van der Waals surface area contributed by atoms with Gasteiger partial charge < -0.3 is 19.5 Å². The lowest BCUT2D eigenvalue weighted by atomic mass is 10.2. The molecule has 0 saturated carbocycles. The molecule has 0 spiro atoms. The van der Waals surface area contributed by atoms with E-state index in [-0.39, 0.29) is 29.7 Å². The summed E-state index contributed by atoms with van der Waals surface area (Å²) in [7, 11) is -3.41. The third kappa shape index (κ3) is 7.27. The Bertz CT molecular complexity index is 783. The van der Waals surface area contributed by atoms with E-state index in [2.05, 4.69) is 34.1 Å². The summed E-state index contributed by atoms with van der Waals surface area (Å²) in [6.07, 6.45) is 1.39. The number of nitrogens with zero attached hydrogens (tertiary/aromatic N) is 5. The van der Waals surface area contributed by atoms with Crippen LogP contribution in [0.15, 0.2) is 21.8 Å². The number of piperazine rings is 1. The molecule has 2 aliphatic heterocycles. The zero-order valence-corrected chi connectivity index (χ0v) is 21.7. The maximum atomic E-state index is 12.6. The molecule has 0 aromatic carbocycles. The highest BCUT2D eigenvalue weighted by Gasteiger charge is 2.29. The Labute approximate surface area is 202 Å². The first kappa shape index (κ1) is 26.3. The molecule has 2 aliphatic rings. The molecule has 12 heteroatoms. The lowest BCUT2D eigenvalue weighted by Gasteiger charge is -2.38. The molecular formula is C19H35IN6O4S. The van der Waals surface area contributed by atoms with Crippen LogP contribution in [0, 0.1) is 0 Å². The van der Waals surface area contributed by atoms with Crippen molar-refractivity contribution in [1.82, 2.24) is 24.6 Å². The van der Waals surface area contributed by atoms with E-state index in [4.69, 9.17) is 14.3 Å². The second-order valence-electron chi connectivity index (χ2n) is 7.84. The lowest BCUT2D eigenvalue weighted by Crippen LogP contribution is -2.54. The topological polar surface area (TPSA) is 104 Å². The van der Waals surface area contributed by atoms with Gasteiger partial charge in [-0.05, 0) is 20.8 Å². The molecule has 2 atom stereocenters. The Morgan fingerprint density at radius 2 is 2.06 bits per heavy atom. The highest BCUT2D eigenvalue weighted by Crippen LogP contribution is 2.14. The maximum Gasteiger partial charge on any atom is 0.220 e. The molecule has 10 nitrogen and oxygen atoms in total. The predicted molar refractivity (Wildman–Crippen MR) is 130 cm³/mol. The highest BCUT2D eigenvalue weighted by molar-refractivity contribution is 14.0. The monoisotopic (exact) mass is 570 g/mol. The SMILES string of the molecule is CCNC(=NCC(C)N1CCOCC1C)N1CCN(S(=O)(=O)Cc2ccon2)CC1.I. The van der Waals surface area contributed by atoms with Crippen LogP contribution in [0.2, 0.25) is 0 Å². The Balaban J connectivity index is 0.00000341. The lowest BCUT2D eigenvalue weighted by molar-refractivity contribution is -0.0166. The van der Waals surface area contributed by atoms with E-state index in [0.717, 1.165) is 32.3 Å². The average Bonchev–Trinajstić information content (AvgIpc) is 3.23. The van der Waals surface area contributed by atoms with E-state index in [1.807, 2.05) is 6.92 Å². The second kappa shape index (κ2) is 12.3. The smallest absolute Gasteiger partial charge is 0.220 e. The van der Waals surface area contributed by atoms with Gasteiger partial charge in [0.25, 0.3) is 0 Å². The molecular weight excluding hydrogens is 535 g/mol. The van der Waals surface area contributed by atoms with Crippen molar-refractivity contribution in [3.8, 4) is 0 Å². The van der Waals surface area contributed by atoms with E-state index in [9.17, 15) is 8.42 Å². The number of hydrogen-bond acceptors (Lipinski definition) is 7. The molecule has 2 fully saturated rings. The molecule has 2 unspecified atom stereocenters. The van der Waals surface area contributed by atoms with Gasteiger partial charge in [-0.15, -0.1) is 24.0 Å². The number of sulfonamides is 1. The molecule has 31 heavy (non-hydrogen) atoms. The van der Waals surface area contributed by atoms with Gasteiger partial charge in [-0.2, -0.15) is 4.31 Å². The van der Waals surface area contributed by atoms with Gasteiger partial charge >= 0.3 is 0 Å². The van der Waals surface area contributed by atoms with Crippen molar-refractivity contribution in [2.75, 3.05) is 59.0 Å². The number of ether oxygens (including phenoxy) is 1. The first-order valence-electron chi connectivity index (χ1n) is 10.6. The number of morpholine rings is 1. The third-order valence-corrected chi connectivity index (χ3v) is 7.39. The number of hydrogen-bond donors (Lipinski definition) is 1. The Kier molecular flexibility index (Phi) is 10.5. The fourth-order valence-corrected chi connectivity index (χ4v) is 5.34. The molecule has 1 N–H and O–H groups in total. The van der Waals surface area contributed by atoms with Gasteiger partial charge in [-0.3, -0.25) is 9.89 Å². The molecule has 3 heterocycles. The van der Waals surface area contributed by atoms with Crippen LogP contribution in [0.3, 0.4) is 0 Å². The Morgan fingerprint density at radius 3 is 2.68 bits per heavy atom. The fourth-order valence-electron chi connectivity index (χ4n) is 3.91. The summed E-state index contributed by atoms with van der Waals surface area (Å²) in [4.78, 5) is 9.43. The van der Waals surface area contributed by atoms with E-state index in [1.54, 1.807) is 6.07 Å². The van der Waals surface area contributed by atoms with Gasteiger partial charge in [0.15, 0.2) is 5.96 Å². The molecule has 1 aromatic rings. The van der Waals surface area contributed by atoms with Gasteiger partial charge in [0.1, 0.15) is 12.0 Å². The first-order valence-corrected chi connectivity index (χ1v) is 12.3. The minimum Gasteiger partial charge on any atom is -0.379 e. The quantitative estimate of drug-likeness (QED) is 0.292. The minimum atomic E-state index is -3.41. The molecule has 3 rings (SSSR count). The van der Waals surface area contributed by atoms with Crippen LogP contribution in [0.4, 0.5) is 0 Å². The summed E-state index contributed by atoms with van der Waals surface area (Å²) in [5.74, 6) is 0.714. The number of aromatic nitrogens is 1. The summed E-state index contributed by atoms with van der Waals surface area (Å²) >= 11 is 0. The summed E-state index contributed by atoms with van der Waals surface area (Å²) in [6.45, 7) is 12.4. The standard InChI is InChI=1S/C19H34N6O4S.HI/c1-4-20-19(21-13-16(2)25-10-12-28-14-17(25)3)23-6-8-24(9-7-23)30(26,27)15-18-5-11-29-22-18;/h5,11,16-17H,4,6-10,12-15H2,1-3H3,(H,20,21);1H. The zero-order chi connectivity index (χ0) is 21.6. The summed E-state index contributed by atoms with van der Waals surface area (Å²) in [5, 5.41) is 7.07. The van der Waals surface area contributed by atoms with Crippen molar-refractivity contribution in [1.29, 1.82) is 0 Å². The molecule has 0 bridgehead atoms. The Hall–Kier alpha value is -0.960. The zero-order valence-electron chi connectivity index (χ0n) is 18.6. The average molecular weight is 570 g/mol. The molecule has 2 saturated heterocycles. The summed E-state index contributed by atoms with van der Waals surface area (Å²) in [5.41, 5.74) is 0.429. The molecule has 0 amide bonds. The van der Waals surface area contributed by atoms with Crippen LogP contribution in [-0.2, 0) is 20.5 Å². The highest BCUT2D eigenvalue weighted by atomic mass is 127. The van der Waals surface area contributed by atoms with Crippen LogP contribution in [0.5, 0.6) is 0 Å². The van der Waals surface area contributed by atoms with Crippen molar-refractivity contribution in [3.63, 3.8) is 0 Å². The molecule has 0 radical (unpaired) electrons. The van der Waals surface area contributed by atoms with Crippen molar-refractivity contribution in [2.45, 2.75) is 38.6 Å². The van der Waals surface area contributed by atoms with E-state index < -0.39 is 10.0 Å². The van der Waals surface area contributed by atoms with E-state index in [0.29, 0.717) is 50.5 Å². The van der Waals surface area contributed by atoms with Crippen molar-refractivity contribution in [3.05, 3.63) is 18.0 Å². The Morgan fingerprint density at radius 1 is 1.32 bits per heavy atom. The molecule has 0 aliphatic carbocycles. The number of guanidine groups is 1. The number of halogens is 1. The van der Waals surface area contributed by atoms with Crippen molar-refractivity contribution < 1.29 is 17.7 Å². The third-order valence-electron chi connectivity index (χ3n) is 5.58.